The number of aliphatic hydroxyl groups is 1. The number of hydrogen-bond acceptors (Lipinski definition) is 3. The van der Waals surface area contributed by atoms with Crippen LogP contribution in [0.25, 0.3) is 10.4 Å². The summed E-state index contributed by atoms with van der Waals surface area (Å²) >= 11 is 1.43. The van der Waals surface area contributed by atoms with Crippen LogP contribution in [0.3, 0.4) is 0 Å². The first kappa shape index (κ1) is 16.1. The molecule has 2 aromatic rings. The van der Waals surface area contributed by atoms with Gasteiger partial charge in [0.2, 0.25) is 0 Å². The minimum Gasteiger partial charge on any atom is -0.393 e. The second kappa shape index (κ2) is 6.81. The van der Waals surface area contributed by atoms with Gasteiger partial charge in [-0.1, -0.05) is 12.1 Å². The summed E-state index contributed by atoms with van der Waals surface area (Å²) in [5.41, 5.74) is 0.914. The minimum absolute atomic E-state index is 0.0338. The molecule has 5 heteroatoms. The van der Waals surface area contributed by atoms with Crippen molar-refractivity contribution in [3.8, 4) is 10.4 Å². The summed E-state index contributed by atoms with van der Waals surface area (Å²) in [7, 11) is 0. The number of carbonyl (C=O) groups is 1. The third-order valence-corrected chi connectivity index (χ3v) is 5.32. The zero-order valence-corrected chi connectivity index (χ0v) is 13.9. The molecular formula is C18H20FNO2S. The Morgan fingerprint density at radius 3 is 2.78 bits per heavy atom. The van der Waals surface area contributed by atoms with Gasteiger partial charge in [-0.3, -0.25) is 4.79 Å². The van der Waals surface area contributed by atoms with E-state index in [1.165, 1.54) is 23.5 Å². The van der Waals surface area contributed by atoms with Gasteiger partial charge < -0.3 is 10.0 Å². The molecule has 1 fully saturated rings. The first-order valence-corrected chi connectivity index (χ1v) is 8.71. The Bertz CT molecular complexity index is 681. The second-order valence-corrected chi connectivity index (χ2v) is 7.13. The Morgan fingerprint density at radius 2 is 2.09 bits per heavy atom. The van der Waals surface area contributed by atoms with Crippen molar-refractivity contribution in [1.82, 2.24) is 4.90 Å². The molecule has 0 spiro atoms. The number of aliphatic hydroxyl groups excluding tert-OH is 1. The molecule has 1 aliphatic rings. The normalized spacial score (nSPS) is 19.1. The van der Waals surface area contributed by atoms with E-state index in [0.717, 1.165) is 29.8 Å². The van der Waals surface area contributed by atoms with E-state index in [0.29, 0.717) is 11.3 Å². The van der Waals surface area contributed by atoms with E-state index in [1.807, 2.05) is 17.0 Å². The van der Waals surface area contributed by atoms with Crippen molar-refractivity contribution in [3.05, 3.63) is 47.1 Å². The molecule has 2 heterocycles. The summed E-state index contributed by atoms with van der Waals surface area (Å²) in [4.78, 5) is 16.3. The molecule has 2 unspecified atom stereocenters. The van der Waals surface area contributed by atoms with Crippen molar-refractivity contribution >= 4 is 17.2 Å². The van der Waals surface area contributed by atoms with Crippen molar-refractivity contribution in [2.24, 2.45) is 0 Å². The van der Waals surface area contributed by atoms with Crippen LogP contribution in [0.1, 0.15) is 35.9 Å². The fraction of sp³-hybridized carbons (Fsp3) is 0.389. The van der Waals surface area contributed by atoms with Crippen molar-refractivity contribution in [2.45, 2.75) is 38.3 Å². The van der Waals surface area contributed by atoms with Crippen LogP contribution in [0.4, 0.5) is 4.39 Å². The summed E-state index contributed by atoms with van der Waals surface area (Å²) in [6.07, 6.45) is 2.17. The lowest BCUT2D eigenvalue weighted by molar-refractivity contribution is 0.0687. The SMILES string of the molecule is CC(O)CC1CCCN1C(=O)c1ccc(-c2ccc(F)cc2)s1. The Hall–Kier alpha value is -1.72. The molecule has 1 amide bonds. The molecule has 0 radical (unpaired) electrons. The minimum atomic E-state index is -0.397. The van der Waals surface area contributed by atoms with E-state index in [-0.39, 0.29) is 17.8 Å². The van der Waals surface area contributed by atoms with E-state index >= 15 is 0 Å². The fourth-order valence-corrected chi connectivity index (χ4v) is 4.07. The van der Waals surface area contributed by atoms with Gasteiger partial charge in [-0.15, -0.1) is 11.3 Å². The van der Waals surface area contributed by atoms with Gasteiger partial charge in [-0.25, -0.2) is 4.39 Å². The molecule has 3 nitrogen and oxygen atoms in total. The number of amides is 1. The number of carbonyl (C=O) groups excluding carboxylic acids is 1. The zero-order valence-electron chi connectivity index (χ0n) is 13.0. The summed E-state index contributed by atoms with van der Waals surface area (Å²) in [6, 6.07) is 10.2. The highest BCUT2D eigenvalue weighted by Gasteiger charge is 2.30. The quantitative estimate of drug-likeness (QED) is 0.921. The third-order valence-electron chi connectivity index (χ3n) is 4.20. The lowest BCUT2D eigenvalue weighted by atomic mass is 10.1. The molecule has 1 aromatic heterocycles. The molecule has 0 aliphatic carbocycles. The van der Waals surface area contributed by atoms with Gasteiger partial charge in [0.1, 0.15) is 5.82 Å². The maximum Gasteiger partial charge on any atom is 0.264 e. The van der Waals surface area contributed by atoms with Gasteiger partial charge in [0.15, 0.2) is 0 Å². The first-order chi connectivity index (χ1) is 11.0. The molecular weight excluding hydrogens is 313 g/mol. The van der Waals surface area contributed by atoms with Crippen LogP contribution < -0.4 is 0 Å². The van der Waals surface area contributed by atoms with E-state index in [9.17, 15) is 14.3 Å². The summed E-state index contributed by atoms with van der Waals surface area (Å²) < 4.78 is 13.0. The molecule has 3 rings (SSSR count). The van der Waals surface area contributed by atoms with Crippen molar-refractivity contribution in [2.75, 3.05) is 6.54 Å². The first-order valence-electron chi connectivity index (χ1n) is 7.89. The second-order valence-electron chi connectivity index (χ2n) is 6.05. The molecule has 122 valence electrons. The molecule has 2 atom stereocenters. The standard InChI is InChI=1S/C18H20FNO2S/c1-12(21)11-15-3-2-10-20(15)18(22)17-9-8-16(23-17)13-4-6-14(19)7-5-13/h4-9,12,15,21H,2-3,10-11H2,1H3. The molecule has 0 bridgehead atoms. The fourth-order valence-electron chi connectivity index (χ4n) is 3.11. The molecule has 1 N–H and O–H groups in total. The summed E-state index contributed by atoms with van der Waals surface area (Å²) in [5, 5.41) is 9.59. The highest BCUT2D eigenvalue weighted by molar-refractivity contribution is 7.17. The third kappa shape index (κ3) is 3.62. The number of hydrogen-bond donors (Lipinski definition) is 1. The van der Waals surface area contributed by atoms with Gasteiger partial charge in [0, 0.05) is 17.5 Å². The molecule has 1 aliphatic heterocycles. The average molecular weight is 333 g/mol. The topological polar surface area (TPSA) is 40.5 Å². The van der Waals surface area contributed by atoms with Crippen molar-refractivity contribution in [1.29, 1.82) is 0 Å². The van der Waals surface area contributed by atoms with Crippen LogP contribution in [0.2, 0.25) is 0 Å². The maximum absolute atomic E-state index is 13.0. The largest absolute Gasteiger partial charge is 0.393 e. The number of nitrogens with zero attached hydrogens (tertiary/aromatic N) is 1. The van der Waals surface area contributed by atoms with Gasteiger partial charge in [-0.2, -0.15) is 0 Å². The van der Waals surface area contributed by atoms with E-state index in [4.69, 9.17) is 0 Å². The van der Waals surface area contributed by atoms with Crippen molar-refractivity contribution < 1.29 is 14.3 Å². The average Bonchev–Trinajstić information content (AvgIpc) is 3.16. The van der Waals surface area contributed by atoms with E-state index in [1.54, 1.807) is 19.1 Å². The zero-order chi connectivity index (χ0) is 16.4. The molecule has 1 aromatic carbocycles. The lowest BCUT2D eigenvalue weighted by Gasteiger charge is -2.25. The van der Waals surface area contributed by atoms with Crippen LogP contribution in [-0.4, -0.2) is 34.6 Å². The van der Waals surface area contributed by atoms with Crippen LogP contribution in [0.15, 0.2) is 36.4 Å². The van der Waals surface area contributed by atoms with Gasteiger partial charge in [0.25, 0.3) is 5.91 Å². The molecule has 1 saturated heterocycles. The summed E-state index contributed by atoms with van der Waals surface area (Å²) in [6.45, 7) is 2.51. The van der Waals surface area contributed by atoms with Crippen LogP contribution >= 0.6 is 11.3 Å². The number of rotatable bonds is 4. The Kier molecular flexibility index (Phi) is 4.78. The Labute approximate surface area is 139 Å². The van der Waals surface area contributed by atoms with Gasteiger partial charge in [0.05, 0.1) is 11.0 Å². The van der Waals surface area contributed by atoms with Gasteiger partial charge >= 0.3 is 0 Å². The number of benzene rings is 1. The van der Waals surface area contributed by atoms with Gasteiger partial charge in [-0.05, 0) is 56.0 Å². The lowest BCUT2D eigenvalue weighted by Crippen LogP contribution is -2.36. The molecule has 23 heavy (non-hydrogen) atoms. The van der Waals surface area contributed by atoms with Crippen LogP contribution in [-0.2, 0) is 0 Å². The van der Waals surface area contributed by atoms with E-state index in [2.05, 4.69) is 0 Å². The monoisotopic (exact) mass is 333 g/mol. The Balaban J connectivity index is 1.77. The van der Waals surface area contributed by atoms with E-state index < -0.39 is 6.10 Å². The Morgan fingerprint density at radius 1 is 1.35 bits per heavy atom. The summed E-state index contributed by atoms with van der Waals surface area (Å²) in [5.74, 6) is -0.230. The van der Waals surface area contributed by atoms with Crippen LogP contribution in [0, 0.1) is 5.82 Å². The number of halogens is 1. The number of likely N-dealkylation sites (tertiary alicyclic amines) is 1. The number of thiophene rings is 1. The smallest absolute Gasteiger partial charge is 0.264 e. The predicted octanol–water partition coefficient (Wildman–Crippen LogP) is 3.93. The maximum atomic E-state index is 13.0. The predicted molar refractivity (Wildman–Crippen MR) is 90.1 cm³/mol. The molecule has 0 saturated carbocycles. The highest BCUT2D eigenvalue weighted by atomic mass is 32.1. The van der Waals surface area contributed by atoms with Crippen molar-refractivity contribution in [3.63, 3.8) is 0 Å². The van der Waals surface area contributed by atoms with Crippen LogP contribution in [0.5, 0.6) is 0 Å². The highest BCUT2D eigenvalue weighted by Crippen LogP contribution is 2.31.